The number of hydrogen-bond donors (Lipinski definition) is 1. The van der Waals surface area contributed by atoms with Gasteiger partial charge in [-0.15, -0.1) is 0 Å². The van der Waals surface area contributed by atoms with E-state index in [9.17, 15) is 23.7 Å². The van der Waals surface area contributed by atoms with Crippen LogP contribution in [0, 0.1) is 10.1 Å². The summed E-state index contributed by atoms with van der Waals surface area (Å²) < 4.78 is 25.7. The van der Waals surface area contributed by atoms with Gasteiger partial charge in [-0.3, -0.25) is 19.6 Å². The van der Waals surface area contributed by atoms with Gasteiger partial charge < -0.3 is 5.11 Å². The molecule has 94 valence electrons. The van der Waals surface area contributed by atoms with E-state index in [2.05, 4.69) is 5.10 Å². The van der Waals surface area contributed by atoms with E-state index in [0.29, 0.717) is 0 Å². The topological polar surface area (TPSA) is 98.3 Å². The van der Waals surface area contributed by atoms with Crippen molar-refractivity contribution >= 4 is 11.7 Å². The molecule has 0 spiro atoms. The highest BCUT2D eigenvalue weighted by Crippen LogP contribution is 2.28. The van der Waals surface area contributed by atoms with Gasteiger partial charge in [0.25, 0.3) is 6.43 Å². The molecular weight excluding hydrogens is 240 g/mol. The highest BCUT2D eigenvalue weighted by Gasteiger charge is 2.28. The van der Waals surface area contributed by atoms with Crippen LogP contribution in [0.4, 0.5) is 14.5 Å². The van der Waals surface area contributed by atoms with E-state index in [-0.39, 0.29) is 6.42 Å². The second kappa shape index (κ2) is 4.85. The molecule has 1 atom stereocenters. The molecule has 1 heterocycles. The Morgan fingerprint density at radius 1 is 1.71 bits per heavy atom. The van der Waals surface area contributed by atoms with E-state index >= 15 is 0 Å². The van der Waals surface area contributed by atoms with Crippen LogP contribution in [0.3, 0.4) is 0 Å². The van der Waals surface area contributed by atoms with Crippen molar-refractivity contribution in [3.63, 3.8) is 0 Å². The van der Waals surface area contributed by atoms with Crippen molar-refractivity contribution in [2.75, 3.05) is 0 Å². The molecule has 1 aromatic heterocycles. The second-order valence-electron chi connectivity index (χ2n) is 3.38. The number of carbonyl (C=O) groups is 1. The van der Waals surface area contributed by atoms with Crippen LogP contribution >= 0.6 is 0 Å². The van der Waals surface area contributed by atoms with Gasteiger partial charge in [0.1, 0.15) is 6.20 Å². The van der Waals surface area contributed by atoms with Crippen molar-refractivity contribution in [3.05, 3.63) is 22.0 Å². The molecule has 7 nitrogen and oxygen atoms in total. The molecule has 0 aromatic carbocycles. The summed E-state index contributed by atoms with van der Waals surface area (Å²) in [5.41, 5.74) is -1.76. The Kier molecular flexibility index (Phi) is 3.71. The molecule has 1 rings (SSSR count). The Balaban J connectivity index is 3.07. The lowest BCUT2D eigenvalue weighted by Crippen LogP contribution is -2.11. The van der Waals surface area contributed by atoms with Gasteiger partial charge in [0.15, 0.2) is 0 Å². The number of rotatable bonds is 5. The number of carboxylic acids is 1. The zero-order valence-corrected chi connectivity index (χ0v) is 8.71. The highest BCUT2D eigenvalue weighted by atomic mass is 19.3. The van der Waals surface area contributed by atoms with Crippen LogP contribution in [-0.2, 0) is 4.79 Å². The molecule has 0 aliphatic rings. The van der Waals surface area contributed by atoms with Crippen LogP contribution in [0.2, 0.25) is 0 Å². The molecule has 0 amide bonds. The van der Waals surface area contributed by atoms with Crippen molar-refractivity contribution in [1.29, 1.82) is 0 Å². The molecule has 0 radical (unpaired) electrons. The summed E-state index contributed by atoms with van der Waals surface area (Å²) in [6.45, 7) is 1.42. The summed E-state index contributed by atoms with van der Waals surface area (Å²) in [6.07, 6.45) is -2.62. The molecule has 1 N–H and O–H groups in total. The normalized spacial score (nSPS) is 12.7. The fourth-order valence-corrected chi connectivity index (χ4v) is 1.26. The monoisotopic (exact) mass is 249 g/mol. The minimum absolute atomic E-state index is 0.360. The maximum Gasteiger partial charge on any atom is 0.316 e. The molecule has 0 saturated heterocycles. The smallest absolute Gasteiger partial charge is 0.316 e. The summed E-state index contributed by atoms with van der Waals surface area (Å²) in [4.78, 5) is 19.9. The quantitative estimate of drug-likeness (QED) is 0.633. The molecule has 0 saturated carbocycles. The number of nitrogens with zero attached hydrogens (tertiary/aromatic N) is 3. The first-order chi connectivity index (χ1) is 7.82. The van der Waals surface area contributed by atoms with E-state index in [1.807, 2.05) is 0 Å². The fourth-order valence-electron chi connectivity index (χ4n) is 1.26. The van der Waals surface area contributed by atoms with Gasteiger partial charge >= 0.3 is 11.7 Å². The average Bonchev–Trinajstić information content (AvgIpc) is 2.60. The summed E-state index contributed by atoms with van der Waals surface area (Å²) in [6, 6.07) is -0.737. The van der Waals surface area contributed by atoms with E-state index in [1.54, 1.807) is 0 Å². The summed E-state index contributed by atoms with van der Waals surface area (Å²) in [5, 5.41) is 22.3. The largest absolute Gasteiger partial charge is 0.481 e. The summed E-state index contributed by atoms with van der Waals surface area (Å²) >= 11 is 0. The third-order valence-corrected chi connectivity index (χ3v) is 2.07. The zero-order valence-electron chi connectivity index (χ0n) is 8.71. The van der Waals surface area contributed by atoms with Gasteiger partial charge in [-0.1, -0.05) is 0 Å². The number of hydrogen-bond acceptors (Lipinski definition) is 4. The van der Waals surface area contributed by atoms with Crippen molar-refractivity contribution in [3.8, 4) is 0 Å². The van der Waals surface area contributed by atoms with Gasteiger partial charge in [0.05, 0.1) is 17.4 Å². The number of alkyl halides is 2. The van der Waals surface area contributed by atoms with E-state index < -0.39 is 34.7 Å². The lowest BCUT2D eigenvalue weighted by atomic mass is 10.2. The number of aromatic nitrogens is 2. The molecule has 1 aromatic rings. The van der Waals surface area contributed by atoms with Gasteiger partial charge in [0, 0.05) is 0 Å². The standard InChI is InChI=1S/C8H9F2N3O4/c1-4(2-6(14)15)12-3-5(13(16)17)7(11-12)8(9)10/h3-4,8H,2H2,1H3,(H,14,15)/t4-/m1/s1. The predicted octanol–water partition coefficient (Wildman–Crippen LogP) is 1.76. The zero-order chi connectivity index (χ0) is 13.2. The Hall–Kier alpha value is -2.06. The molecule has 9 heteroatoms. The Morgan fingerprint density at radius 2 is 2.29 bits per heavy atom. The van der Waals surface area contributed by atoms with Crippen LogP contribution in [0.5, 0.6) is 0 Å². The van der Waals surface area contributed by atoms with Crippen molar-refractivity contribution in [2.24, 2.45) is 0 Å². The van der Waals surface area contributed by atoms with Gasteiger partial charge in [-0.05, 0) is 6.92 Å². The van der Waals surface area contributed by atoms with E-state index in [4.69, 9.17) is 5.11 Å². The fraction of sp³-hybridized carbons (Fsp3) is 0.500. The maximum absolute atomic E-state index is 12.4. The molecule has 0 aliphatic heterocycles. The van der Waals surface area contributed by atoms with Gasteiger partial charge in [-0.2, -0.15) is 5.10 Å². The van der Waals surface area contributed by atoms with E-state index in [0.717, 1.165) is 10.9 Å². The average molecular weight is 249 g/mol. The predicted molar refractivity (Wildman–Crippen MR) is 50.8 cm³/mol. The lowest BCUT2D eigenvalue weighted by molar-refractivity contribution is -0.386. The lowest BCUT2D eigenvalue weighted by Gasteiger charge is -2.07. The SMILES string of the molecule is C[C@H](CC(=O)O)n1cc([N+](=O)[O-])c(C(F)F)n1. The first-order valence-electron chi connectivity index (χ1n) is 4.56. The second-order valence-corrected chi connectivity index (χ2v) is 3.38. The van der Waals surface area contributed by atoms with Crippen LogP contribution in [0.1, 0.15) is 31.5 Å². The summed E-state index contributed by atoms with van der Waals surface area (Å²) in [5.74, 6) is -1.14. The van der Waals surface area contributed by atoms with Crippen molar-refractivity contribution in [2.45, 2.75) is 25.8 Å². The number of halogens is 2. The summed E-state index contributed by atoms with van der Waals surface area (Å²) in [7, 11) is 0. The molecule has 0 unspecified atom stereocenters. The first kappa shape index (κ1) is 13.0. The molecule has 0 bridgehead atoms. The molecular formula is C8H9F2N3O4. The number of aliphatic carboxylic acids is 1. The van der Waals surface area contributed by atoms with Crippen LogP contribution < -0.4 is 0 Å². The van der Waals surface area contributed by atoms with Gasteiger partial charge in [-0.25, -0.2) is 8.78 Å². The minimum atomic E-state index is -3.08. The van der Waals surface area contributed by atoms with Crippen LogP contribution in [0.15, 0.2) is 6.20 Å². The van der Waals surface area contributed by atoms with Crippen molar-refractivity contribution < 1.29 is 23.6 Å². The molecule has 17 heavy (non-hydrogen) atoms. The Morgan fingerprint density at radius 3 is 2.65 bits per heavy atom. The number of nitro groups is 1. The highest BCUT2D eigenvalue weighted by molar-refractivity contribution is 5.67. The first-order valence-corrected chi connectivity index (χ1v) is 4.56. The third-order valence-electron chi connectivity index (χ3n) is 2.07. The molecule has 0 fully saturated rings. The number of carboxylic acid groups (broad SMARTS) is 1. The van der Waals surface area contributed by atoms with Crippen LogP contribution in [-0.4, -0.2) is 25.8 Å². The minimum Gasteiger partial charge on any atom is -0.481 e. The van der Waals surface area contributed by atoms with Gasteiger partial charge in [0.2, 0.25) is 5.69 Å². The van der Waals surface area contributed by atoms with E-state index in [1.165, 1.54) is 6.92 Å². The third kappa shape index (κ3) is 2.95. The van der Waals surface area contributed by atoms with Crippen LogP contribution in [0.25, 0.3) is 0 Å². The molecule has 0 aliphatic carbocycles. The Labute approximate surface area is 93.8 Å². The van der Waals surface area contributed by atoms with Crippen molar-refractivity contribution in [1.82, 2.24) is 9.78 Å². The maximum atomic E-state index is 12.4. The Bertz CT molecular complexity index is 446.